The number of piperidine rings is 1. The van der Waals surface area contributed by atoms with Crippen LogP contribution < -0.4 is 5.73 Å². The topological polar surface area (TPSA) is 76.3 Å². The average Bonchev–Trinajstić information content (AvgIpc) is 2.40. The zero-order valence-electron chi connectivity index (χ0n) is 10.5. The van der Waals surface area contributed by atoms with Crippen LogP contribution in [0.15, 0.2) is 29.4 Å². The summed E-state index contributed by atoms with van der Waals surface area (Å²) < 4.78 is 26.3. The van der Waals surface area contributed by atoms with Gasteiger partial charge in [0.2, 0.25) is 10.0 Å². The molecular formula is C12H19N3O2S. The summed E-state index contributed by atoms with van der Waals surface area (Å²) in [6, 6.07) is 3.24. The molecule has 2 heterocycles. The maximum atomic E-state index is 12.4. The highest BCUT2D eigenvalue weighted by atomic mass is 32.2. The summed E-state index contributed by atoms with van der Waals surface area (Å²) in [7, 11) is -3.41. The highest BCUT2D eigenvalue weighted by molar-refractivity contribution is 7.89. The molecular weight excluding hydrogens is 250 g/mol. The van der Waals surface area contributed by atoms with Crippen LogP contribution >= 0.6 is 0 Å². The second-order valence-electron chi connectivity index (χ2n) is 4.81. The van der Waals surface area contributed by atoms with E-state index in [0.717, 1.165) is 12.8 Å². The zero-order chi connectivity index (χ0) is 13.2. The van der Waals surface area contributed by atoms with Crippen LogP contribution in [0.4, 0.5) is 0 Å². The Hall–Kier alpha value is -0.980. The first-order chi connectivity index (χ1) is 8.51. The Bertz CT molecular complexity index is 487. The first-order valence-corrected chi connectivity index (χ1v) is 7.61. The van der Waals surface area contributed by atoms with Crippen LogP contribution in [0.25, 0.3) is 0 Å². The van der Waals surface area contributed by atoms with E-state index >= 15 is 0 Å². The fourth-order valence-corrected chi connectivity index (χ4v) is 3.77. The van der Waals surface area contributed by atoms with Gasteiger partial charge in [-0.05, 0) is 37.8 Å². The minimum absolute atomic E-state index is 0.0249. The number of sulfonamides is 1. The standard InChI is InChI=1S/C12H19N3O2S/c1-10(13)11-4-3-7-15(9-11)18(16,17)12-5-2-6-14-8-12/h2,5-6,8,10-11H,3-4,7,9,13H2,1H3. The fraction of sp³-hybridized carbons (Fsp3) is 0.583. The van der Waals surface area contributed by atoms with Crippen LogP contribution in [-0.2, 0) is 10.0 Å². The summed E-state index contributed by atoms with van der Waals surface area (Å²) in [4.78, 5) is 4.13. The van der Waals surface area contributed by atoms with Crippen molar-refractivity contribution in [2.24, 2.45) is 11.7 Å². The molecule has 0 saturated carbocycles. The van der Waals surface area contributed by atoms with Gasteiger partial charge in [-0.25, -0.2) is 8.42 Å². The number of hydrogen-bond donors (Lipinski definition) is 1. The Morgan fingerprint density at radius 2 is 2.33 bits per heavy atom. The number of pyridine rings is 1. The van der Waals surface area contributed by atoms with E-state index in [1.165, 1.54) is 10.5 Å². The van der Waals surface area contributed by atoms with Crippen LogP contribution in [0.5, 0.6) is 0 Å². The van der Waals surface area contributed by atoms with Crippen molar-refractivity contribution in [1.82, 2.24) is 9.29 Å². The summed E-state index contributed by atoms with van der Waals surface area (Å²) in [5, 5.41) is 0. The van der Waals surface area contributed by atoms with E-state index in [4.69, 9.17) is 5.73 Å². The monoisotopic (exact) mass is 269 g/mol. The van der Waals surface area contributed by atoms with Crippen molar-refractivity contribution in [3.05, 3.63) is 24.5 Å². The van der Waals surface area contributed by atoms with Crippen molar-refractivity contribution >= 4 is 10.0 Å². The van der Waals surface area contributed by atoms with Gasteiger partial charge in [0.25, 0.3) is 0 Å². The van der Waals surface area contributed by atoms with E-state index in [0.29, 0.717) is 13.1 Å². The van der Waals surface area contributed by atoms with Gasteiger partial charge in [0.1, 0.15) is 4.90 Å². The third-order valence-electron chi connectivity index (χ3n) is 3.44. The number of rotatable bonds is 3. The maximum absolute atomic E-state index is 12.4. The van der Waals surface area contributed by atoms with Gasteiger partial charge in [-0.2, -0.15) is 4.31 Å². The number of nitrogens with two attached hydrogens (primary N) is 1. The smallest absolute Gasteiger partial charge is 0.244 e. The lowest BCUT2D eigenvalue weighted by Crippen LogP contribution is -2.44. The van der Waals surface area contributed by atoms with E-state index in [1.54, 1.807) is 18.3 Å². The van der Waals surface area contributed by atoms with Crippen LogP contribution in [0.3, 0.4) is 0 Å². The Morgan fingerprint density at radius 1 is 1.56 bits per heavy atom. The van der Waals surface area contributed by atoms with Gasteiger partial charge in [0.15, 0.2) is 0 Å². The molecule has 100 valence electrons. The van der Waals surface area contributed by atoms with Crippen LogP contribution in [0, 0.1) is 5.92 Å². The molecule has 0 aromatic carbocycles. The molecule has 5 nitrogen and oxygen atoms in total. The molecule has 1 aromatic heterocycles. The number of aromatic nitrogens is 1. The molecule has 1 aliphatic heterocycles. The normalized spacial score (nSPS) is 23.8. The van der Waals surface area contributed by atoms with E-state index in [9.17, 15) is 8.42 Å². The van der Waals surface area contributed by atoms with Crippen molar-refractivity contribution in [3.8, 4) is 0 Å². The first kappa shape index (κ1) is 13.5. The van der Waals surface area contributed by atoms with Crippen molar-refractivity contribution in [2.75, 3.05) is 13.1 Å². The summed E-state index contributed by atoms with van der Waals surface area (Å²) in [5.74, 6) is 0.241. The third kappa shape index (κ3) is 2.71. The van der Waals surface area contributed by atoms with Crippen molar-refractivity contribution in [1.29, 1.82) is 0 Å². The van der Waals surface area contributed by atoms with Gasteiger partial charge in [-0.3, -0.25) is 4.98 Å². The van der Waals surface area contributed by atoms with Gasteiger partial charge in [-0.15, -0.1) is 0 Å². The highest BCUT2D eigenvalue weighted by Crippen LogP contribution is 2.24. The minimum atomic E-state index is -3.41. The number of nitrogens with zero attached hydrogens (tertiary/aromatic N) is 2. The van der Waals surface area contributed by atoms with Crippen LogP contribution in [0.1, 0.15) is 19.8 Å². The molecule has 1 aromatic rings. The lowest BCUT2D eigenvalue weighted by atomic mass is 9.93. The van der Waals surface area contributed by atoms with E-state index in [-0.39, 0.29) is 16.9 Å². The summed E-state index contributed by atoms with van der Waals surface area (Å²) >= 11 is 0. The van der Waals surface area contributed by atoms with Crippen molar-refractivity contribution < 1.29 is 8.42 Å². The van der Waals surface area contributed by atoms with Gasteiger partial charge < -0.3 is 5.73 Å². The third-order valence-corrected chi connectivity index (χ3v) is 5.29. The molecule has 2 N–H and O–H groups in total. The summed E-state index contributed by atoms with van der Waals surface area (Å²) in [5.41, 5.74) is 5.88. The Balaban J connectivity index is 2.21. The molecule has 0 aliphatic carbocycles. The summed E-state index contributed by atoms with van der Waals surface area (Å²) in [6.45, 7) is 3.01. The van der Waals surface area contributed by atoms with Crippen molar-refractivity contribution in [3.63, 3.8) is 0 Å². The molecule has 0 bridgehead atoms. The zero-order valence-corrected chi connectivity index (χ0v) is 11.3. The van der Waals surface area contributed by atoms with Crippen LogP contribution in [0.2, 0.25) is 0 Å². The second-order valence-corrected chi connectivity index (χ2v) is 6.75. The fourth-order valence-electron chi connectivity index (χ4n) is 2.27. The van der Waals surface area contributed by atoms with Gasteiger partial charge in [-0.1, -0.05) is 0 Å². The molecule has 18 heavy (non-hydrogen) atoms. The van der Waals surface area contributed by atoms with E-state index in [1.807, 2.05) is 6.92 Å². The Morgan fingerprint density at radius 3 is 2.94 bits per heavy atom. The lowest BCUT2D eigenvalue weighted by molar-refractivity contribution is 0.243. The average molecular weight is 269 g/mol. The summed E-state index contributed by atoms with van der Waals surface area (Å²) in [6.07, 6.45) is 4.83. The molecule has 1 saturated heterocycles. The quantitative estimate of drug-likeness (QED) is 0.881. The lowest BCUT2D eigenvalue weighted by Gasteiger charge is -2.33. The number of hydrogen-bond acceptors (Lipinski definition) is 4. The van der Waals surface area contributed by atoms with E-state index < -0.39 is 10.0 Å². The Kier molecular flexibility index (Phi) is 3.99. The van der Waals surface area contributed by atoms with Gasteiger partial charge >= 0.3 is 0 Å². The second kappa shape index (κ2) is 5.34. The van der Waals surface area contributed by atoms with Crippen molar-refractivity contribution in [2.45, 2.75) is 30.7 Å². The first-order valence-electron chi connectivity index (χ1n) is 6.17. The molecule has 6 heteroatoms. The predicted molar refractivity (Wildman–Crippen MR) is 69.4 cm³/mol. The van der Waals surface area contributed by atoms with E-state index in [2.05, 4.69) is 4.98 Å². The van der Waals surface area contributed by atoms with Gasteiger partial charge in [0.05, 0.1) is 0 Å². The maximum Gasteiger partial charge on any atom is 0.244 e. The predicted octanol–water partition coefficient (Wildman–Crippen LogP) is 0.829. The molecule has 2 unspecified atom stereocenters. The largest absolute Gasteiger partial charge is 0.328 e. The SMILES string of the molecule is CC(N)C1CCCN(S(=O)(=O)c2cccnc2)C1. The minimum Gasteiger partial charge on any atom is -0.328 e. The molecule has 0 spiro atoms. The molecule has 1 aliphatic rings. The van der Waals surface area contributed by atoms with Gasteiger partial charge in [0, 0.05) is 31.5 Å². The highest BCUT2D eigenvalue weighted by Gasteiger charge is 2.31. The Labute approximate surface area is 108 Å². The molecule has 0 radical (unpaired) electrons. The van der Waals surface area contributed by atoms with Crippen LogP contribution in [-0.4, -0.2) is 36.8 Å². The molecule has 1 fully saturated rings. The molecule has 2 atom stereocenters. The molecule has 0 amide bonds. The molecule has 2 rings (SSSR count).